The van der Waals surface area contributed by atoms with Crippen molar-refractivity contribution in [3.8, 4) is 5.75 Å². The summed E-state index contributed by atoms with van der Waals surface area (Å²) in [7, 11) is 0. The number of nitrogens with one attached hydrogen (secondary N) is 1. The quantitative estimate of drug-likeness (QED) is 0.220. The number of amides is 1. The lowest BCUT2D eigenvalue weighted by molar-refractivity contribution is -0.137. The van der Waals surface area contributed by atoms with Crippen LogP contribution in [0, 0.1) is 5.82 Å². The van der Waals surface area contributed by atoms with E-state index in [1.807, 2.05) is 24.3 Å². The fourth-order valence-corrected chi connectivity index (χ4v) is 4.75. The van der Waals surface area contributed by atoms with Crippen LogP contribution in [-0.4, -0.2) is 41.8 Å². The van der Waals surface area contributed by atoms with Crippen LogP contribution in [0.25, 0.3) is 0 Å². The molecule has 0 spiro atoms. The van der Waals surface area contributed by atoms with Crippen LogP contribution < -0.4 is 10.1 Å². The smallest absolute Gasteiger partial charge is 0.416 e. The van der Waals surface area contributed by atoms with Crippen molar-refractivity contribution in [2.24, 2.45) is 4.99 Å². The minimum atomic E-state index is -4.73. The monoisotopic (exact) mass is 622 g/mol. The van der Waals surface area contributed by atoms with Gasteiger partial charge < -0.3 is 19.9 Å². The van der Waals surface area contributed by atoms with Crippen molar-refractivity contribution in [3.05, 3.63) is 99.3 Å². The lowest BCUT2D eigenvalue weighted by Crippen LogP contribution is -2.52. The van der Waals surface area contributed by atoms with E-state index in [-0.39, 0.29) is 31.0 Å². The predicted molar refractivity (Wildman–Crippen MR) is 145 cm³/mol. The number of aliphatic hydroxyl groups is 1. The second-order valence-electron chi connectivity index (χ2n) is 9.35. The fourth-order valence-electron chi connectivity index (χ4n) is 4.33. The number of aliphatic imine (C=N–C) groups is 1. The fraction of sp³-hybridized carbons (Fsp3) is 0.310. The molecule has 0 radical (unpaired) electrons. The molecule has 0 saturated carbocycles. The number of benzene rings is 3. The highest BCUT2D eigenvalue weighted by molar-refractivity contribution is 9.10. The summed E-state index contributed by atoms with van der Waals surface area (Å²) in [5.41, 5.74) is -1.26. The molecule has 6 nitrogen and oxygen atoms in total. The van der Waals surface area contributed by atoms with Gasteiger partial charge in [0.1, 0.15) is 17.7 Å². The number of rotatable bonds is 10. The second kappa shape index (κ2) is 12.4. The number of hydrogen-bond acceptors (Lipinski definition) is 5. The maximum atomic E-state index is 13.9. The summed E-state index contributed by atoms with van der Waals surface area (Å²) >= 11 is 3.50. The first-order valence-corrected chi connectivity index (χ1v) is 13.3. The highest BCUT2D eigenvalue weighted by Gasteiger charge is 2.50. The van der Waals surface area contributed by atoms with E-state index in [9.17, 15) is 22.4 Å². The third-order valence-electron chi connectivity index (χ3n) is 6.48. The predicted octanol–water partition coefficient (Wildman–Crippen LogP) is 5.83. The zero-order chi connectivity index (χ0) is 28.9. The van der Waals surface area contributed by atoms with E-state index in [0.29, 0.717) is 30.4 Å². The molecule has 0 unspecified atom stereocenters. The summed E-state index contributed by atoms with van der Waals surface area (Å²) in [6, 6.07) is 16.4. The van der Waals surface area contributed by atoms with E-state index < -0.39 is 35.1 Å². The van der Waals surface area contributed by atoms with Gasteiger partial charge >= 0.3 is 6.18 Å². The van der Waals surface area contributed by atoms with Gasteiger partial charge in [-0.2, -0.15) is 13.2 Å². The molecule has 212 valence electrons. The van der Waals surface area contributed by atoms with Gasteiger partial charge in [0.05, 0.1) is 12.2 Å². The largest absolute Gasteiger partial charge is 0.494 e. The summed E-state index contributed by atoms with van der Waals surface area (Å²) < 4.78 is 65.8. The number of ether oxygens (including phenoxy) is 2. The summed E-state index contributed by atoms with van der Waals surface area (Å²) in [6.07, 6.45) is -4.85. The SMILES string of the molecule is C[C@H]1OC(c2ccc(OCCCO)cc2)=N[C@@]1(Cc1ccccc1Br)C(=O)NCc1cc(F)cc(C(F)(F)F)c1. The maximum Gasteiger partial charge on any atom is 0.416 e. The van der Waals surface area contributed by atoms with E-state index in [0.717, 1.165) is 22.2 Å². The van der Waals surface area contributed by atoms with Crippen LogP contribution in [0.3, 0.4) is 0 Å². The molecule has 4 rings (SSSR count). The Hall–Kier alpha value is -3.44. The lowest BCUT2D eigenvalue weighted by Gasteiger charge is -2.28. The summed E-state index contributed by atoms with van der Waals surface area (Å²) in [4.78, 5) is 18.5. The number of halogens is 5. The van der Waals surface area contributed by atoms with Crippen molar-refractivity contribution >= 4 is 27.7 Å². The lowest BCUT2D eigenvalue weighted by atomic mass is 9.86. The molecular formula is C29H27BrF4N2O4. The zero-order valence-electron chi connectivity index (χ0n) is 21.5. The maximum absolute atomic E-state index is 13.9. The molecule has 1 heterocycles. The first-order valence-electron chi connectivity index (χ1n) is 12.5. The van der Waals surface area contributed by atoms with Crippen molar-refractivity contribution < 1.29 is 36.9 Å². The zero-order valence-corrected chi connectivity index (χ0v) is 23.1. The molecule has 0 bridgehead atoms. The standard InChI is InChI=1S/C29H27BrF4N2O4/c1-18-28(16-21-5-2-3-6-25(21)30,27(38)35-17-19-13-22(29(32,33)34)15-23(31)14-19)36-26(40-18)20-7-9-24(10-8-20)39-12-4-11-37/h2-3,5-10,13-15,18,37H,4,11-12,16-17H2,1H3,(H,35,38)/t18-,28-/m1/s1. The Morgan fingerprint density at radius 3 is 2.55 bits per heavy atom. The molecule has 3 aromatic rings. The van der Waals surface area contributed by atoms with Crippen LogP contribution in [0.15, 0.2) is 76.2 Å². The Balaban J connectivity index is 1.63. The topological polar surface area (TPSA) is 80.2 Å². The van der Waals surface area contributed by atoms with Crippen LogP contribution in [0.5, 0.6) is 5.75 Å². The van der Waals surface area contributed by atoms with E-state index in [1.165, 1.54) is 0 Å². The summed E-state index contributed by atoms with van der Waals surface area (Å²) in [5, 5.41) is 11.6. The van der Waals surface area contributed by atoms with Crippen molar-refractivity contribution in [2.45, 2.75) is 44.1 Å². The van der Waals surface area contributed by atoms with Crippen molar-refractivity contribution in [1.29, 1.82) is 0 Å². The molecule has 0 saturated heterocycles. The molecule has 1 amide bonds. The molecule has 11 heteroatoms. The van der Waals surface area contributed by atoms with Gasteiger partial charge in [0, 0.05) is 36.0 Å². The number of alkyl halides is 3. The Labute approximate surface area is 237 Å². The van der Waals surface area contributed by atoms with Crippen LogP contribution in [0.2, 0.25) is 0 Å². The number of carbonyl (C=O) groups excluding carboxylic acids is 1. The Morgan fingerprint density at radius 2 is 1.88 bits per heavy atom. The molecule has 3 aromatic carbocycles. The van der Waals surface area contributed by atoms with E-state index in [4.69, 9.17) is 19.6 Å². The third kappa shape index (κ3) is 6.82. The summed E-state index contributed by atoms with van der Waals surface area (Å²) in [5.74, 6) is -0.813. The highest BCUT2D eigenvalue weighted by Crippen LogP contribution is 2.35. The van der Waals surface area contributed by atoms with E-state index >= 15 is 0 Å². The average Bonchev–Trinajstić information content (AvgIpc) is 3.25. The summed E-state index contributed by atoms with van der Waals surface area (Å²) in [6.45, 7) is 1.73. The number of nitrogens with zero attached hydrogens (tertiary/aromatic N) is 1. The number of carbonyl (C=O) groups is 1. The second-order valence-corrected chi connectivity index (χ2v) is 10.2. The Bertz CT molecular complexity index is 1380. The van der Waals surface area contributed by atoms with Crippen molar-refractivity contribution in [2.75, 3.05) is 13.2 Å². The minimum Gasteiger partial charge on any atom is -0.494 e. The van der Waals surface area contributed by atoms with Gasteiger partial charge in [-0.05, 0) is 66.6 Å². The van der Waals surface area contributed by atoms with Gasteiger partial charge in [0.15, 0.2) is 5.54 Å². The first kappa shape index (κ1) is 29.5. The molecule has 0 aromatic heterocycles. The van der Waals surface area contributed by atoms with E-state index in [2.05, 4.69) is 21.2 Å². The van der Waals surface area contributed by atoms with Crippen LogP contribution in [0.4, 0.5) is 17.6 Å². The molecule has 2 atom stereocenters. The molecule has 40 heavy (non-hydrogen) atoms. The molecule has 1 aliphatic heterocycles. The Kier molecular flexibility index (Phi) is 9.15. The van der Waals surface area contributed by atoms with Crippen LogP contribution in [0.1, 0.15) is 35.6 Å². The minimum absolute atomic E-state index is 0.0188. The molecule has 0 aliphatic carbocycles. The first-order chi connectivity index (χ1) is 19.0. The molecular weight excluding hydrogens is 596 g/mol. The normalized spacial score (nSPS) is 18.7. The molecule has 2 N–H and O–H groups in total. The van der Waals surface area contributed by atoms with Gasteiger partial charge in [-0.3, -0.25) is 4.79 Å². The van der Waals surface area contributed by atoms with Gasteiger partial charge in [0.25, 0.3) is 5.91 Å². The van der Waals surface area contributed by atoms with Crippen molar-refractivity contribution in [3.63, 3.8) is 0 Å². The van der Waals surface area contributed by atoms with Crippen LogP contribution in [-0.2, 0) is 28.7 Å². The average molecular weight is 623 g/mol. The highest BCUT2D eigenvalue weighted by atomic mass is 79.9. The number of aliphatic hydroxyl groups excluding tert-OH is 1. The molecule has 1 aliphatic rings. The third-order valence-corrected chi connectivity index (χ3v) is 7.26. The van der Waals surface area contributed by atoms with Crippen LogP contribution >= 0.6 is 15.9 Å². The molecule has 0 fully saturated rings. The van der Waals surface area contributed by atoms with Gasteiger partial charge in [-0.25, -0.2) is 9.38 Å². The van der Waals surface area contributed by atoms with Gasteiger partial charge in [-0.15, -0.1) is 0 Å². The van der Waals surface area contributed by atoms with Gasteiger partial charge in [0.2, 0.25) is 5.90 Å². The van der Waals surface area contributed by atoms with E-state index in [1.54, 1.807) is 31.2 Å². The number of hydrogen-bond donors (Lipinski definition) is 2. The Morgan fingerprint density at radius 1 is 1.15 bits per heavy atom. The van der Waals surface area contributed by atoms with Crippen molar-refractivity contribution in [1.82, 2.24) is 5.32 Å². The van der Waals surface area contributed by atoms with Gasteiger partial charge in [-0.1, -0.05) is 34.1 Å².